The molecule has 7 heteroatoms. The van der Waals surface area contributed by atoms with Gasteiger partial charge in [-0.3, -0.25) is 14.2 Å². The molecule has 6 nitrogen and oxygen atoms in total. The Morgan fingerprint density at radius 2 is 1.69 bits per heavy atom. The fourth-order valence-electron chi connectivity index (χ4n) is 3.36. The summed E-state index contributed by atoms with van der Waals surface area (Å²) in [7, 11) is 0. The summed E-state index contributed by atoms with van der Waals surface area (Å²) >= 11 is 6.28. The van der Waals surface area contributed by atoms with E-state index in [1.807, 2.05) is 20.8 Å². The number of para-hydroxylation sites is 2. The van der Waals surface area contributed by atoms with Gasteiger partial charge in [-0.25, -0.2) is 9.36 Å². The van der Waals surface area contributed by atoms with Crippen LogP contribution in [-0.2, 0) is 4.79 Å². The van der Waals surface area contributed by atoms with Gasteiger partial charge in [0, 0.05) is 6.04 Å². The lowest BCUT2D eigenvalue weighted by Crippen LogP contribution is -2.45. The Labute approximate surface area is 173 Å². The summed E-state index contributed by atoms with van der Waals surface area (Å²) in [6.07, 6.45) is 1.17. The molecule has 0 saturated carbocycles. The standard InChI is InChI=1S/C22H24ClN3O3/c1-4-14(3)24-20(27)17(5-2)25-18-12-8-6-10-15(18)21(28)26(22(25)29)19-13-9-7-11-16(19)23/h6-14,17H,4-5H2,1-3H3,(H,24,27)/t14-,17+/m0/s1. The number of carbonyl (C=O) groups is 1. The zero-order valence-electron chi connectivity index (χ0n) is 16.7. The first-order chi connectivity index (χ1) is 13.9. The van der Waals surface area contributed by atoms with Crippen molar-refractivity contribution < 1.29 is 4.79 Å². The Morgan fingerprint density at radius 3 is 2.34 bits per heavy atom. The van der Waals surface area contributed by atoms with E-state index in [-0.39, 0.29) is 17.0 Å². The van der Waals surface area contributed by atoms with E-state index < -0.39 is 17.3 Å². The van der Waals surface area contributed by atoms with Gasteiger partial charge in [0.15, 0.2) is 0 Å². The maximum Gasteiger partial charge on any atom is 0.336 e. The number of amides is 1. The molecule has 0 aliphatic heterocycles. The molecule has 1 aromatic heterocycles. The highest BCUT2D eigenvalue weighted by Crippen LogP contribution is 2.21. The third-order valence-corrected chi connectivity index (χ3v) is 5.41. The van der Waals surface area contributed by atoms with Gasteiger partial charge in [0.2, 0.25) is 5.91 Å². The maximum absolute atomic E-state index is 13.5. The van der Waals surface area contributed by atoms with Crippen LogP contribution >= 0.6 is 11.6 Å². The van der Waals surface area contributed by atoms with Crippen molar-refractivity contribution in [2.45, 2.75) is 45.7 Å². The number of aromatic nitrogens is 2. The smallest absolute Gasteiger partial charge is 0.336 e. The molecule has 0 bridgehead atoms. The van der Waals surface area contributed by atoms with Gasteiger partial charge in [-0.15, -0.1) is 0 Å². The highest BCUT2D eigenvalue weighted by Gasteiger charge is 2.26. The molecule has 1 amide bonds. The van der Waals surface area contributed by atoms with Crippen LogP contribution < -0.4 is 16.6 Å². The zero-order valence-corrected chi connectivity index (χ0v) is 17.4. The van der Waals surface area contributed by atoms with Crippen molar-refractivity contribution in [1.29, 1.82) is 0 Å². The first-order valence-corrected chi connectivity index (χ1v) is 10.1. The molecule has 0 radical (unpaired) electrons. The number of benzene rings is 2. The molecule has 0 saturated heterocycles. The van der Waals surface area contributed by atoms with Gasteiger partial charge in [0.1, 0.15) is 6.04 Å². The topological polar surface area (TPSA) is 73.1 Å². The second kappa shape index (κ2) is 8.66. The van der Waals surface area contributed by atoms with Crippen LogP contribution in [-0.4, -0.2) is 21.1 Å². The third kappa shape index (κ3) is 3.85. The monoisotopic (exact) mass is 413 g/mol. The fraction of sp³-hybridized carbons (Fsp3) is 0.318. The molecular weight excluding hydrogens is 390 g/mol. The molecular formula is C22H24ClN3O3. The quantitative estimate of drug-likeness (QED) is 0.670. The molecule has 0 aliphatic carbocycles. The normalized spacial score (nSPS) is 13.2. The second-order valence-corrected chi connectivity index (χ2v) is 7.41. The Hall–Kier alpha value is -2.86. The second-order valence-electron chi connectivity index (χ2n) is 7.00. The van der Waals surface area contributed by atoms with Crippen LogP contribution in [0.2, 0.25) is 5.02 Å². The van der Waals surface area contributed by atoms with E-state index in [9.17, 15) is 14.4 Å². The average molecular weight is 414 g/mol. The van der Waals surface area contributed by atoms with E-state index in [1.165, 1.54) is 4.57 Å². The molecule has 0 fully saturated rings. The van der Waals surface area contributed by atoms with Crippen LogP contribution in [0, 0.1) is 0 Å². The van der Waals surface area contributed by atoms with Gasteiger partial charge < -0.3 is 5.32 Å². The number of carbonyl (C=O) groups excluding carboxylic acids is 1. The number of halogens is 1. The Balaban J connectivity index is 2.35. The molecule has 152 valence electrons. The van der Waals surface area contributed by atoms with Crippen LogP contribution in [0.4, 0.5) is 0 Å². The molecule has 29 heavy (non-hydrogen) atoms. The van der Waals surface area contributed by atoms with E-state index in [2.05, 4.69) is 5.32 Å². The van der Waals surface area contributed by atoms with E-state index in [1.54, 1.807) is 48.5 Å². The van der Waals surface area contributed by atoms with E-state index >= 15 is 0 Å². The van der Waals surface area contributed by atoms with Gasteiger partial charge in [-0.1, -0.05) is 49.7 Å². The molecule has 2 aromatic carbocycles. The minimum absolute atomic E-state index is 0.0204. The van der Waals surface area contributed by atoms with Crippen molar-refractivity contribution in [3.63, 3.8) is 0 Å². The van der Waals surface area contributed by atoms with Crippen LogP contribution in [0.15, 0.2) is 58.1 Å². The summed E-state index contributed by atoms with van der Waals surface area (Å²) in [4.78, 5) is 39.6. The van der Waals surface area contributed by atoms with E-state index in [4.69, 9.17) is 11.6 Å². The zero-order chi connectivity index (χ0) is 21.1. The average Bonchev–Trinajstić information content (AvgIpc) is 2.72. The molecule has 3 aromatic rings. The van der Waals surface area contributed by atoms with Gasteiger partial charge in [0.25, 0.3) is 5.56 Å². The van der Waals surface area contributed by atoms with Crippen molar-refractivity contribution in [2.75, 3.05) is 0 Å². The minimum atomic E-state index is -0.754. The van der Waals surface area contributed by atoms with Crippen LogP contribution in [0.5, 0.6) is 0 Å². The summed E-state index contributed by atoms with van der Waals surface area (Å²) in [6.45, 7) is 5.73. The van der Waals surface area contributed by atoms with Crippen molar-refractivity contribution in [1.82, 2.24) is 14.5 Å². The van der Waals surface area contributed by atoms with Crippen molar-refractivity contribution >= 4 is 28.4 Å². The highest BCUT2D eigenvalue weighted by molar-refractivity contribution is 6.32. The molecule has 0 aliphatic rings. The number of hydrogen-bond acceptors (Lipinski definition) is 3. The molecule has 1 heterocycles. The summed E-state index contributed by atoms with van der Waals surface area (Å²) in [6, 6.07) is 12.7. The predicted molar refractivity (Wildman–Crippen MR) is 116 cm³/mol. The number of nitrogens with one attached hydrogen (secondary N) is 1. The van der Waals surface area contributed by atoms with E-state index in [0.717, 1.165) is 11.0 Å². The number of hydrogen-bond donors (Lipinski definition) is 1. The largest absolute Gasteiger partial charge is 0.352 e. The first kappa shape index (κ1) is 20.9. The van der Waals surface area contributed by atoms with Gasteiger partial charge in [-0.05, 0) is 44.0 Å². The Morgan fingerprint density at radius 1 is 1.03 bits per heavy atom. The van der Waals surface area contributed by atoms with Crippen LogP contribution in [0.25, 0.3) is 16.6 Å². The lowest BCUT2D eigenvalue weighted by molar-refractivity contribution is -0.125. The number of rotatable bonds is 6. The van der Waals surface area contributed by atoms with Crippen LogP contribution in [0.3, 0.4) is 0 Å². The summed E-state index contributed by atoms with van der Waals surface area (Å²) in [5.74, 6) is -0.251. The fourth-order valence-corrected chi connectivity index (χ4v) is 3.58. The molecule has 0 spiro atoms. The van der Waals surface area contributed by atoms with Crippen molar-refractivity contribution in [3.8, 4) is 5.69 Å². The van der Waals surface area contributed by atoms with Gasteiger partial charge in [-0.2, -0.15) is 0 Å². The van der Waals surface area contributed by atoms with Crippen LogP contribution in [0.1, 0.15) is 39.7 Å². The highest BCUT2D eigenvalue weighted by atomic mass is 35.5. The predicted octanol–water partition coefficient (Wildman–Crippen LogP) is 3.67. The summed E-state index contributed by atoms with van der Waals surface area (Å²) < 4.78 is 2.45. The Kier molecular flexibility index (Phi) is 6.23. The SMILES string of the molecule is CC[C@H](C(=O)N[C@@H](C)CC)n1c(=O)n(-c2ccccc2Cl)c(=O)c2ccccc21. The summed E-state index contributed by atoms with van der Waals surface area (Å²) in [5.41, 5.74) is -0.335. The minimum Gasteiger partial charge on any atom is -0.352 e. The first-order valence-electron chi connectivity index (χ1n) is 9.72. The van der Waals surface area contributed by atoms with E-state index in [0.29, 0.717) is 23.0 Å². The van der Waals surface area contributed by atoms with Crippen molar-refractivity contribution in [2.24, 2.45) is 0 Å². The maximum atomic E-state index is 13.5. The number of nitrogens with zero attached hydrogens (tertiary/aromatic N) is 2. The molecule has 1 N–H and O–H groups in total. The summed E-state index contributed by atoms with van der Waals surface area (Å²) in [5, 5.41) is 3.58. The molecule has 2 atom stereocenters. The van der Waals surface area contributed by atoms with Gasteiger partial charge >= 0.3 is 5.69 Å². The number of fused-ring (bicyclic) bond motifs is 1. The molecule has 0 unspecified atom stereocenters. The lowest BCUT2D eigenvalue weighted by Gasteiger charge is -2.23. The van der Waals surface area contributed by atoms with Crippen molar-refractivity contribution in [3.05, 3.63) is 74.4 Å². The Bertz CT molecular complexity index is 1170. The third-order valence-electron chi connectivity index (χ3n) is 5.09. The van der Waals surface area contributed by atoms with Gasteiger partial charge in [0.05, 0.1) is 21.6 Å². The lowest BCUT2D eigenvalue weighted by atomic mass is 10.1. The molecule has 3 rings (SSSR count).